The van der Waals surface area contributed by atoms with Crippen molar-refractivity contribution in [2.45, 2.75) is 6.54 Å². The first kappa shape index (κ1) is 6.78. The summed E-state index contributed by atoms with van der Waals surface area (Å²) in [6.45, 7) is 0.915. The Morgan fingerprint density at radius 1 is 1.38 bits per heavy atom. The van der Waals surface area contributed by atoms with Gasteiger partial charge in [0.2, 0.25) is 0 Å². The van der Waals surface area contributed by atoms with Gasteiger partial charge in [-0.15, -0.1) is 0 Å². The van der Waals surface area contributed by atoms with Crippen LogP contribution < -0.4 is 0 Å². The van der Waals surface area contributed by atoms with Crippen molar-refractivity contribution in [1.29, 1.82) is 0 Å². The first-order chi connectivity index (χ1) is 6.43. The molecule has 0 fully saturated rings. The third kappa shape index (κ3) is 0.952. The highest BCUT2D eigenvalue weighted by Gasteiger charge is 2.14. The maximum Gasteiger partial charge on any atom is 0.0957 e. The van der Waals surface area contributed by atoms with Gasteiger partial charge in [0.1, 0.15) is 0 Å². The fourth-order valence-electron chi connectivity index (χ4n) is 1.72. The van der Waals surface area contributed by atoms with Crippen LogP contribution in [0.3, 0.4) is 0 Å². The van der Waals surface area contributed by atoms with Gasteiger partial charge >= 0.3 is 0 Å². The van der Waals surface area contributed by atoms with Crippen molar-refractivity contribution in [2.24, 2.45) is 0 Å². The highest BCUT2D eigenvalue weighted by molar-refractivity contribution is 5.63. The Morgan fingerprint density at radius 2 is 2.38 bits per heavy atom. The Labute approximate surface area is 76.4 Å². The van der Waals surface area contributed by atoms with Gasteiger partial charge in [-0.1, -0.05) is 0 Å². The SMILES string of the molecule is C1=CC2=Cc3cccn3CC2=CO1. The van der Waals surface area contributed by atoms with Crippen LogP contribution in [-0.4, -0.2) is 4.57 Å². The van der Waals surface area contributed by atoms with Crippen LogP contribution in [-0.2, 0) is 11.3 Å². The average Bonchev–Trinajstić information content (AvgIpc) is 2.61. The van der Waals surface area contributed by atoms with Crippen LogP contribution in [0.5, 0.6) is 0 Å². The smallest absolute Gasteiger partial charge is 0.0957 e. The Kier molecular flexibility index (Phi) is 1.25. The molecule has 2 aliphatic heterocycles. The van der Waals surface area contributed by atoms with E-state index in [1.165, 1.54) is 16.8 Å². The van der Waals surface area contributed by atoms with Gasteiger partial charge in [0, 0.05) is 17.5 Å². The molecule has 3 heterocycles. The van der Waals surface area contributed by atoms with E-state index in [9.17, 15) is 0 Å². The van der Waals surface area contributed by atoms with E-state index in [0.717, 1.165) is 6.54 Å². The summed E-state index contributed by atoms with van der Waals surface area (Å²) >= 11 is 0. The lowest BCUT2D eigenvalue weighted by atomic mass is 10.0. The summed E-state index contributed by atoms with van der Waals surface area (Å²) in [6.07, 6.45) is 9.80. The number of rotatable bonds is 0. The van der Waals surface area contributed by atoms with Crippen molar-refractivity contribution >= 4 is 6.08 Å². The molecular weight excluding hydrogens is 162 g/mol. The van der Waals surface area contributed by atoms with E-state index in [-0.39, 0.29) is 0 Å². The molecule has 2 nitrogen and oxygen atoms in total. The molecule has 13 heavy (non-hydrogen) atoms. The number of hydrogen-bond acceptors (Lipinski definition) is 1. The molecule has 0 unspecified atom stereocenters. The van der Waals surface area contributed by atoms with Crippen LogP contribution in [0.25, 0.3) is 6.08 Å². The molecule has 3 rings (SSSR count). The Hall–Kier alpha value is -1.70. The fourth-order valence-corrected chi connectivity index (χ4v) is 1.72. The molecule has 2 aliphatic rings. The quantitative estimate of drug-likeness (QED) is 0.584. The van der Waals surface area contributed by atoms with E-state index in [1.807, 2.05) is 12.3 Å². The molecule has 0 saturated carbocycles. The summed E-state index contributed by atoms with van der Waals surface area (Å²) < 4.78 is 7.34. The van der Waals surface area contributed by atoms with Gasteiger partial charge in [-0.25, -0.2) is 0 Å². The summed E-state index contributed by atoms with van der Waals surface area (Å²) in [7, 11) is 0. The lowest BCUT2D eigenvalue weighted by Crippen LogP contribution is -2.09. The largest absolute Gasteiger partial charge is 0.472 e. The molecule has 2 heteroatoms. The Balaban J connectivity index is 2.17. The summed E-state index contributed by atoms with van der Waals surface area (Å²) in [6, 6.07) is 4.18. The molecule has 0 saturated heterocycles. The number of allylic oxidation sites excluding steroid dienone is 3. The van der Waals surface area contributed by atoms with Gasteiger partial charge < -0.3 is 9.30 Å². The van der Waals surface area contributed by atoms with Crippen molar-refractivity contribution in [3.63, 3.8) is 0 Å². The molecule has 0 N–H and O–H groups in total. The van der Waals surface area contributed by atoms with E-state index in [1.54, 1.807) is 6.26 Å². The van der Waals surface area contributed by atoms with Crippen molar-refractivity contribution in [2.75, 3.05) is 0 Å². The normalized spacial score (nSPS) is 18.2. The number of aromatic nitrogens is 1. The first-order valence-electron chi connectivity index (χ1n) is 4.32. The molecule has 0 amide bonds. The van der Waals surface area contributed by atoms with Crippen LogP contribution >= 0.6 is 0 Å². The summed E-state index contributed by atoms with van der Waals surface area (Å²) in [5.41, 5.74) is 3.77. The molecule has 0 bridgehead atoms. The zero-order valence-corrected chi connectivity index (χ0v) is 7.10. The number of ether oxygens (including phenoxy) is 1. The minimum Gasteiger partial charge on any atom is -0.472 e. The van der Waals surface area contributed by atoms with E-state index in [2.05, 4.69) is 29.0 Å². The molecule has 64 valence electrons. The fraction of sp³-hybridized carbons (Fsp3) is 0.0909. The second-order valence-corrected chi connectivity index (χ2v) is 3.24. The van der Waals surface area contributed by atoms with Crippen molar-refractivity contribution in [1.82, 2.24) is 4.57 Å². The maximum atomic E-state index is 5.13. The zero-order chi connectivity index (χ0) is 8.67. The maximum absolute atomic E-state index is 5.13. The molecule has 0 aromatic carbocycles. The average molecular weight is 171 g/mol. The Bertz CT molecular complexity index is 435. The highest BCUT2D eigenvalue weighted by atomic mass is 16.5. The molecule has 0 radical (unpaired) electrons. The minimum absolute atomic E-state index is 0.915. The number of hydrogen-bond donors (Lipinski definition) is 0. The summed E-state index contributed by atoms with van der Waals surface area (Å²) in [5, 5.41) is 0. The van der Waals surface area contributed by atoms with Crippen LogP contribution in [0, 0.1) is 0 Å². The van der Waals surface area contributed by atoms with Crippen molar-refractivity contribution in [3.05, 3.63) is 53.8 Å². The lowest BCUT2D eigenvalue weighted by Gasteiger charge is -2.19. The van der Waals surface area contributed by atoms with Gasteiger partial charge in [0.05, 0.1) is 19.1 Å². The molecule has 1 aromatic heterocycles. The van der Waals surface area contributed by atoms with Gasteiger partial charge in [-0.3, -0.25) is 0 Å². The third-order valence-electron chi connectivity index (χ3n) is 2.42. The van der Waals surface area contributed by atoms with E-state index < -0.39 is 0 Å². The van der Waals surface area contributed by atoms with Crippen molar-refractivity contribution < 1.29 is 4.74 Å². The van der Waals surface area contributed by atoms with Gasteiger partial charge in [-0.05, 0) is 29.9 Å². The summed E-state index contributed by atoms with van der Waals surface area (Å²) in [4.78, 5) is 0. The number of nitrogens with zero attached hydrogens (tertiary/aromatic N) is 1. The molecular formula is C11H9NO. The topological polar surface area (TPSA) is 14.2 Å². The van der Waals surface area contributed by atoms with E-state index in [4.69, 9.17) is 4.74 Å². The number of fused-ring (bicyclic) bond motifs is 2. The van der Waals surface area contributed by atoms with Crippen LogP contribution in [0.2, 0.25) is 0 Å². The van der Waals surface area contributed by atoms with E-state index in [0.29, 0.717) is 0 Å². The second kappa shape index (κ2) is 2.39. The van der Waals surface area contributed by atoms with Gasteiger partial charge in [0.15, 0.2) is 0 Å². The third-order valence-corrected chi connectivity index (χ3v) is 2.42. The van der Waals surface area contributed by atoms with Crippen molar-refractivity contribution in [3.8, 4) is 0 Å². The molecule has 1 aromatic rings. The summed E-state index contributed by atoms with van der Waals surface area (Å²) in [5.74, 6) is 0. The van der Waals surface area contributed by atoms with E-state index >= 15 is 0 Å². The monoisotopic (exact) mass is 171 g/mol. The zero-order valence-electron chi connectivity index (χ0n) is 7.10. The lowest BCUT2D eigenvalue weighted by molar-refractivity contribution is 0.390. The second-order valence-electron chi connectivity index (χ2n) is 3.24. The highest BCUT2D eigenvalue weighted by Crippen LogP contribution is 2.26. The molecule has 0 atom stereocenters. The van der Waals surface area contributed by atoms with Gasteiger partial charge in [0.25, 0.3) is 0 Å². The van der Waals surface area contributed by atoms with Crippen LogP contribution in [0.4, 0.5) is 0 Å². The molecule has 0 spiro atoms. The first-order valence-corrected chi connectivity index (χ1v) is 4.32. The molecule has 0 aliphatic carbocycles. The van der Waals surface area contributed by atoms with Crippen LogP contribution in [0.15, 0.2) is 48.1 Å². The standard InChI is InChI=1S/C11H9NO/c1-2-11-6-9-3-5-13-8-10(9)7-12(11)4-1/h1-6,8H,7H2. The predicted octanol–water partition coefficient (Wildman–Crippen LogP) is 2.31. The van der Waals surface area contributed by atoms with Crippen LogP contribution in [0.1, 0.15) is 5.69 Å². The van der Waals surface area contributed by atoms with Gasteiger partial charge in [-0.2, -0.15) is 0 Å². The Morgan fingerprint density at radius 3 is 3.38 bits per heavy atom. The minimum atomic E-state index is 0.915. The predicted molar refractivity (Wildman–Crippen MR) is 50.7 cm³/mol.